The highest BCUT2D eigenvalue weighted by molar-refractivity contribution is 5.23. The van der Waals surface area contributed by atoms with E-state index in [-0.39, 0.29) is 5.41 Å². The van der Waals surface area contributed by atoms with E-state index in [1.54, 1.807) is 0 Å². The maximum Gasteiger partial charge on any atom is 0.321 e. The first kappa shape index (κ1) is 8.53. The van der Waals surface area contributed by atoms with Crippen molar-refractivity contribution in [2.45, 2.75) is 38.5 Å². The second-order valence-corrected chi connectivity index (χ2v) is 3.91. The molecule has 13 heavy (non-hydrogen) atoms. The number of hydrogen-bond acceptors (Lipinski definition) is 4. The fourth-order valence-corrected chi connectivity index (χ4v) is 1.18. The quantitative estimate of drug-likeness (QED) is 0.771. The maximum atomic E-state index is 5.06. The molecule has 1 fully saturated rings. The zero-order valence-corrected chi connectivity index (χ0v) is 8.13. The summed E-state index contributed by atoms with van der Waals surface area (Å²) in [6.45, 7) is 5.16. The minimum absolute atomic E-state index is 0.204. The van der Waals surface area contributed by atoms with E-state index in [0.29, 0.717) is 6.01 Å². The molecule has 1 aromatic heterocycles. The lowest BCUT2D eigenvalue weighted by Gasteiger charge is -1.97. The van der Waals surface area contributed by atoms with E-state index >= 15 is 0 Å². The summed E-state index contributed by atoms with van der Waals surface area (Å²) in [7, 11) is 0. The van der Waals surface area contributed by atoms with E-state index in [4.69, 9.17) is 4.52 Å². The van der Waals surface area contributed by atoms with E-state index in [2.05, 4.69) is 29.3 Å². The molecule has 0 amide bonds. The van der Waals surface area contributed by atoms with Crippen LogP contribution in [-0.2, 0) is 5.41 Å². The third-order valence-electron chi connectivity index (χ3n) is 2.49. The van der Waals surface area contributed by atoms with Gasteiger partial charge in [-0.3, -0.25) is 0 Å². The highest BCUT2D eigenvalue weighted by Crippen LogP contribution is 2.46. The Balaban J connectivity index is 2.01. The largest absolute Gasteiger partial charge is 0.338 e. The van der Waals surface area contributed by atoms with Gasteiger partial charge in [-0.15, -0.1) is 0 Å². The highest BCUT2D eigenvalue weighted by atomic mass is 16.5. The van der Waals surface area contributed by atoms with Crippen LogP contribution in [0.15, 0.2) is 4.52 Å². The molecule has 0 atom stereocenters. The molecular formula is C9H15N3O. The Bertz CT molecular complexity index is 291. The number of nitrogens with one attached hydrogen (secondary N) is 1. The molecule has 2 rings (SSSR count). The van der Waals surface area contributed by atoms with Crippen molar-refractivity contribution in [3.05, 3.63) is 5.82 Å². The molecule has 0 spiro atoms. The van der Waals surface area contributed by atoms with Crippen molar-refractivity contribution in [2.75, 3.05) is 11.9 Å². The Hall–Kier alpha value is -1.06. The summed E-state index contributed by atoms with van der Waals surface area (Å²) < 4.78 is 5.06. The summed E-state index contributed by atoms with van der Waals surface area (Å²) >= 11 is 0. The molecule has 1 aromatic rings. The fourth-order valence-electron chi connectivity index (χ4n) is 1.18. The fraction of sp³-hybridized carbons (Fsp3) is 0.778. The van der Waals surface area contributed by atoms with Gasteiger partial charge in [-0.05, 0) is 19.3 Å². The van der Waals surface area contributed by atoms with Crippen LogP contribution in [0.5, 0.6) is 0 Å². The van der Waals surface area contributed by atoms with Crippen LogP contribution in [0.3, 0.4) is 0 Å². The highest BCUT2D eigenvalue weighted by Gasteiger charge is 2.43. The number of aromatic nitrogens is 2. The van der Waals surface area contributed by atoms with Crippen molar-refractivity contribution in [1.29, 1.82) is 0 Å². The minimum Gasteiger partial charge on any atom is -0.338 e. The Labute approximate surface area is 77.7 Å². The van der Waals surface area contributed by atoms with Gasteiger partial charge in [0.1, 0.15) is 0 Å². The number of rotatable bonds is 4. The summed E-state index contributed by atoms with van der Waals surface area (Å²) in [5.41, 5.74) is 0.204. The van der Waals surface area contributed by atoms with Crippen LogP contribution >= 0.6 is 0 Å². The molecule has 0 radical (unpaired) electrons. The van der Waals surface area contributed by atoms with Gasteiger partial charge in [-0.1, -0.05) is 19.0 Å². The molecule has 4 nitrogen and oxygen atoms in total. The zero-order chi connectivity index (χ0) is 9.31. The Morgan fingerprint density at radius 3 is 2.92 bits per heavy atom. The topological polar surface area (TPSA) is 51.0 Å². The van der Waals surface area contributed by atoms with Crippen LogP contribution in [0.1, 0.15) is 38.9 Å². The van der Waals surface area contributed by atoms with Crippen LogP contribution in [0, 0.1) is 0 Å². The standard InChI is InChI=1S/C9H15N3O/c1-3-6-10-8-11-7(12-13-8)9(2)4-5-9/h3-6H2,1-2H3,(H,10,11,12). The van der Waals surface area contributed by atoms with Crippen molar-refractivity contribution < 1.29 is 4.52 Å². The van der Waals surface area contributed by atoms with E-state index in [9.17, 15) is 0 Å². The molecular weight excluding hydrogens is 166 g/mol. The van der Waals surface area contributed by atoms with Crippen molar-refractivity contribution >= 4 is 6.01 Å². The summed E-state index contributed by atoms with van der Waals surface area (Å²) in [4.78, 5) is 4.29. The summed E-state index contributed by atoms with van der Waals surface area (Å²) in [5, 5.41) is 7.03. The van der Waals surface area contributed by atoms with E-state index in [1.807, 2.05) is 0 Å². The van der Waals surface area contributed by atoms with E-state index in [0.717, 1.165) is 18.8 Å². The first-order valence-corrected chi connectivity index (χ1v) is 4.83. The van der Waals surface area contributed by atoms with Gasteiger partial charge in [-0.2, -0.15) is 4.98 Å². The molecule has 1 N–H and O–H groups in total. The smallest absolute Gasteiger partial charge is 0.321 e. The molecule has 0 aliphatic heterocycles. The summed E-state index contributed by atoms with van der Waals surface area (Å²) in [6.07, 6.45) is 3.43. The molecule has 0 unspecified atom stereocenters. The molecule has 0 aromatic carbocycles. The Kier molecular flexibility index (Phi) is 1.98. The average Bonchev–Trinajstić information content (AvgIpc) is 2.69. The molecule has 4 heteroatoms. The van der Waals surface area contributed by atoms with Gasteiger partial charge in [0, 0.05) is 12.0 Å². The SMILES string of the molecule is CCCNc1nc(C2(C)CC2)no1. The van der Waals surface area contributed by atoms with Crippen LogP contribution < -0.4 is 5.32 Å². The Morgan fingerprint density at radius 2 is 2.31 bits per heavy atom. The van der Waals surface area contributed by atoms with Crippen molar-refractivity contribution in [2.24, 2.45) is 0 Å². The number of anilines is 1. The van der Waals surface area contributed by atoms with E-state index in [1.165, 1.54) is 12.8 Å². The lowest BCUT2D eigenvalue weighted by molar-refractivity contribution is 0.416. The predicted molar refractivity (Wildman–Crippen MR) is 49.7 cm³/mol. The normalized spacial score (nSPS) is 18.6. The second-order valence-electron chi connectivity index (χ2n) is 3.91. The monoisotopic (exact) mass is 181 g/mol. The number of nitrogens with zero attached hydrogens (tertiary/aromatic N) is 2. The molecule has 72 valence electrons. The number of hydrogen-bond donors (Lipinski definition) is 1. The van der Waals surface area contributed by atoms with E-state index < -0.39 is 0 Å². The molecule has 1 aliphatic rings. The first-order chi connectivity index (χ1) is 6.24. The molecule has 1 saturated carbocycles. The third-order valence-corrected chi connectivity index (χ3v) is 2.49. The van der Waals surface area contributed by atoms with Crippen LogP contribution in [0.2, 0.25) is 0 Å². The maximum absolute atomic E-state index is 5.06. The second kappa shape index (κ2) is 3.01. The average molecular weight is 181 g/mol. The minimum atomic E-state index is 0.204. The van der Waals surface area contributed by atoms with Gasteiger partial charge in [0.25, 0.3) is 0 Å². The lowest BCUT2D eigenvalue weighted by Crippen LogP contribution is -2.03. The van der Waals surface area contributed by atoms with Gasteiger partial charge < -0.3 is 9.84 Å². The van der Waals surface area contributed by atoms with Gasteiger partial charge in [-0.25, -0.2) is 0 Å². The molecule has 0 bridgehead atoms. The van der Waals surface area contributed by atoms with Crippen LogP contribution in [0.4, 0.5) is 6.01 Å². The summed E-state index contributed by atoms with van der Waals surface area (Å²) in [6, 6.07) is 0.560. The lowest BCUT2D eigenvalue weighted by atomic mass is 10.1. The van der Waals surface area contributed by atoms with Gasteiger partial charge in [0.15, 0.2) is 5.82 Å². The Morgan fingerprint density at radius 1 is 1.54 bits per heavy atom. The van der Waals surface area contributed by atoms with Crippen molar-refractivity contribution in [1.82, 2.24) is 10.1 Å². The van der Waals surface area contributed by atoms with Gasteiger partial charge in [0.05, 0.1) is 0 Å². The zero-order valence-electron chi connectivity index (χ0n) is 8.13. The molecule has 1 aliphatic carbocycles. The van der Waals surface area contributed by atoms with Crippen LogP contribution in [-0.4, -0.2) is 16.7 Å². The first-order valence-electron chi connectivity index (χ1n) is 4.83. The summed E-state index contributed by atoms with van der Waals surface area (Å²) in [5.74, 6) is 0.853. The molecule has 1 heterocycles. The van der Waals surface area contributed by atoms with Crippen LogP contribution in [0.25, 0.3) is 0 Å². The predicted octanol–water partition coefficient (Wildman–Crippen LogP) is 1.94. The van der Waals surface area contributed by atoms with Gasteiger partial charge >= 0.3 is 6.01 Å². The van der Waals surface area contributed by atoms with Gasteiger partial charge in [0.2, 0.25) is 0 Å². The molecule has 0 saturated heterocycles. The van der Waals surface area contributed by atoms with Crippen molar-refractivity contribution in [3.63, 3.8) is 0 Å². The third kappa shape index (κ3) is 1.66. The van der Waals surface area contributed by atoms with Crippen molar-refractivity contribution in [3.8, 4) is 0 Å².